The third kappa shape index (κ3) is 4.46. The highest BCUT2D eigenvalue weighted by atomic mass is 16.7. The summed E-state index contributed by atoms with van der Waals surface area (Å²) in [5.41, 5.74) is 2.12. The maximum Gasteiger partial charge on any atom is 0.324 e. The highest BCUT2D eigenvalue weighted by Gasteiger charge is 2.28. The molecule has 3 aromatic rings. The molecular formula is C23H24N6O4. The third-order valence-corrected chi connectivity index (χ3v) is 5.54. The summed E-state index contributed by atoms with van der Waals surface area (Å²) in [6.45, 7) is 2.18. The topological polar surface area (TPSA) is 119 Å². The minimum atomic E-state index is -0.588. The van der Waals surface area contributed by atoms with Gasteiger partial charge in [0, 0.05) is 35.8 Å². The Kier molecular flexibility index (Phi) is 5.57. The van der Waals surface area contributed by atoms with Gasteiger partial charge in [-0.1, -0.05) is 37.3 Å². The lowest BCUT2D eigenvalue weighted by Crippen LogP contribution is -2.53. The van der Waals surface area contributed by atoms with E-state index in [0.717, 1.165) is 12.0 Å². The molecule has 1 fully saturated rings. The Balaban J connectivity index is 1.40. The van der Waals surface area contributed by atoms with Gasteiger partial charge in [-0.2, -0.15) is 5.10 Å². The molecule has 0 saturated carbocycles. The quantitative estimate of drug-likeness (QED) is 0.476. The lowest BCUT2D eigenvalue weighted by molar-refractivity contribution is -0.125. The molecule has 1 aromatic heterocycles. The molecule has 170 valence electrons. The number of ether oxygens (including phenoxy) is 2. The minimum absolute atomic E-state index is 0.0171. The molecule has 0 bridgehead atoms. The Morgan fingerprint density at radius 1 is 1.12 bits per heavy atom. The van der Waals surface area contributed by atoms with E-state index in [0.29, 0.717) is 35.1 Å². The number of rotatable bonds is 5. The molecule has 2 aliphatic heterocycles. The first-order chi connectivity index (χ1) is 16.1. The summed E-state index contributed by atoms with van der Waals surface area (Å²) in [7, 11) is 0. The van der Waals surface area contributed by atoms with E-state index in [4.69, 9.17) is 9.47 Å². The van der Waals surface area contributed by atoms with Crippen LogP contribution in [0.4, 0.5) is 16.3 Å². The number of nitrogens with zero attached hydrogens (tertiary/aromatic N) is 2. The van der Waals surface area contributed by atoms with Crippen LogP contribution in [0, 0.1) is 0 Å². The summed E-state index contributed by atoms with van der Waals surface area (Å²) in [5, 5.41) is 16.6. The molecule has 0 radical (unpaired) electrons. The van der Waals surface area contributed by atoms with Crippen molar-refractivity contribution in [3.63, 3.8) is 0 Å². The van der Waals surface area contributed by atoms with E-state index in [2.05, 4.69) is 26.4 Å². The molecule has 33 heavy (non-hydrogen) atoms. The smallest absolute Gasteiger partial charge is 0.324 e. The Bertz CT molecular complexity index is 1180. The van der Waals surface area contributed by atoms with Crippen LogP contribution < -0.4 is 30.7 Å². The zero-order chi connectivity index (χ0) is 22.8. The molecular weight excluding hydrogens is 424 g/mol. The first kappa shape index (κ1) is 20.8. The highest BCUT2D eigenvalue weighted by Crippen LogP contribution is 2.34. The maximum atomic E-state index is 12.8. The van der Waals surface area contributed by atoms with Crippen LogP contribution in [0.25, 0.3) is 11.3 Å². The van der Waals surface area contributed by atoms with Crippen molar-refractivity contribution in [2.75, 3.05) is 17.4 Å². The molecule has 10 heteroatoms. The van der Waals surface area contributed by atoms with Gasteiger partial charge < -0.3 is 20.1 Å². The maximum absolute atomic E-state index is 12.8. The van der Waals surface area contributed by atoms with Crippen molar-refractivity contribution in [2.45, 2.75) is 32.1 Å². The van der Waals surface area contributed by atoms with E-state index >= 15 is 0 Å². The number of carbonyl (C=O) groups excluding carboxylic acids is 2. The van der Waals surface area contributed by atoms with Crippen LogP contribution in [0.3, 0.4) is 0 Å². The van der Waals surface area contributed by atoms with Gasteiger partial charge in [-0.25, -0.2) is 9.48 Å². The Morgan fingerprint density at radius 2 is 1.94 bits per heavy atom. The number of aromatic nitrogens is 2. The number of anilines is 2. The van der Waals surface area contributed by atoms with Crippen LogP contribution in [-0.2, 0) is 4.79 Å². The van der Waals surface area contributed by atoms with Crippen molar-refractivity contribution in [1.82, 2.24) is 20.4 Å². The minimum Gasteiger partial charge on any atom is -0.454 e. The van der Waals surface area contributed by atoms with E-state index in [1.165, 1.54) is 0 Å². The van der Waals surface area contributed by atoms with Gasteiger partial charge in [0.25, 0.3) is 0 Å². The average Bonchev–Trinajstić information content (AvgIpc) is 3.46. The molecule has 2 unspecified atom stereocenters. The SMILES string of the molecule is CCC1CC(=O)NC(n2nc(-c3ccccc3)cc2NC(=O)Nc2ccc3c(c2)OCO3)N1. The molecule has 3 heterocycles. The third-order valence-electron chi connectivity index (χ3n) is 5.54. The van der Waals surface area contributed by atoms with Crippen molar-refractivity contribution in [3.8, 4) is 22.8 Å². The number of benzene rings is 2. The fourth-order valence-electron chi connectivity index (χ4n) is 3.84. The van der Waals surface area contributed by atoms with Gasteiger partial charge in [0.2, 0.25) is 12.7 Å². The molecule has 2 atom stereocenters. The standard InChI is InChI=1S/C23H24N6O4/c1-2-15-11-21(30)27-22(24-15)29-20(12-17(28-29)14-6-4-3-5-7-14)26-23(31)25-16-8-9-18-19(10-16)33-13-32-18/h3-10,12,15,22,24H,2,11,13H2,1H3,(H,27,30)(H2,25,26,31). The van der Waals surface area contributed by atoms with Crippen LogP contribution in [0.2, 0.25) is 0 Å². The van der Waals surface area contributed by atoms with E-state index in [1.807, 2.05) is 37.3 Å². The van der Waals surface area contributed by atoms with Gasteiger partial charge in [0.15, 0.2) is 17.8 Å². The van der Waals surface area contributed by atoms with Gasteiger partial charge in [0.1, 0.15) is 5.82 Å². The number of amides is 3. The number of hydrogen-bond acceptors (Lipinski definition) is 6. The fourth-order valence-corrected chi connectivity index (χ4v) is 3.84. The van der Waals surface area contributed by atoms with Crippen molar-refractivity contribution >= 4 is 23.4 Å². The Morgan fingerprint density at radius 3 is 2.76 bits per heavy atom. The van der Waals surface area contributed by atoms with Crippen LogP contribution >= 0.6 is 0 Å². The Hall–Kier alpha value is -4.05. The second-order valence-corrected chi connectivity index (χ2v) is 7.82. The summed E-state index contributed by atoms with van der Waals surface area (Å²) < 4.78 is 12.3. The number of hydrogen-bond donors (Lipinski definition) is 4. The zero-order valence-electron chi connectivity index (χ0n) is 18.0. The number of fused-ring (bicyclic) bond motifs is 1. The molecule has 2 aromatic carbocycles. The normalized spacial score (nSPS) is 19.1. The van der Waals surface area contributed by atoms with E-state index in [-0.39, 0.29) is 18.7 Å². The van der Waals surface area contributed by atoms with Crippen LogP contribution in [0.15, 0.2) is 54.6 Å². The molecule has 0 aliphatic carbocycles. The van der Waals surface area contributed by atoms with Gasteiger partial charge in [-0.05, 0) is 18.6 Å². The van der Waals surface area contributed by atoms with Crippen molar-refractivity contribution in [3.05, 3.63) is 54.6 Å². The molecule has 1 saturated heterocycles. The first-order valence-electron chi connectivity index (χ1n) is 10.8. The number of carbonyl (C=O) groups is 2. The molecule has 3 amide bonds. The predicted molar refractivity (Wildman–Crippen MR) is 122 cm³/mol. The van der Waals surface area contributed by atoms with Crippen molar-refractivity contribution in [2.24, 2.45) is 0 Å². The largest absolute Gasteiger partial charge is 0.454 e. The molecule has 2 aliphatic rings. The fraction of sp³-hybridized carbons (Fsp3) is 0.261. The monoisotopic (exact) mass is 448 g/mol. The molecule has 0 spiro atoms. The summed E-state index contributed by atoms with van der Waals surface area (Å²) in [6, 6.07) is 16.1. The summed E-state index contributed by atoms with van der Waals surface area (Å²) in [6.07, 6.45) is 0.603. The van der Waals surface area contributed by atoms with Crippen LogP contribution in [0.5, 0.6) is 11.5 Å². The second kappa shape index (κ2) is 8.83. The molecule has 5 rings (SSSR count). The van der Waals surface area contributed by atoms with E-state index in [9.17, 15) is 9.59 Å². The lowest BCUT2D eigenvalue weighted by Gasteiger charge is -2.31. The van der Waals surface area contributed by atoms with Crippen molar-refractivity contribution in [1.29, 1.82) is 0 Å². The van der Waals surface area contributed by atoms with Gasteiger partial charge in [-0.3, -0.25) is 15.4 Å². The van der Waals surface area contributed by atoms with Crippen LogP contribution in [-0.4, -0.2) is 34.6 Å². The summed E-state index contributed by atoms with van der Waals surface area (Å²) in [5.74, 6) is 1.57. The first-order valence-corrected chi connectivity index (χ1v) is 10.8. The molecule has 10 nitrogen and oxygen atoms in total. The van der Waals surface area contributed by atoms with E-state index in [1.54, 1.807) is 28.9 Å². The predicted octanol–water partition coefficient (Wildman–Crippen LogP) is 3.27. The number of nitrogens with one attached hydrogen (secondary N) is 4. The number of urea groups is 1. The summed E-state index contributed by atoms with van der Waals surface area (Å²) >= 11 is 0. The van der Waals surface area contributed by atoms with Gasteiger partial charge >= 0.3 is 6.03 Å². The second-order valence-electron chi connectivity index (χ2n) is 7.82. The zero-order valence-corrected chi connectivity index (χ0v) is 18.0. The highest BCUT2D eigenvalue weighted by molar-refractivity contribution is 5.99. The molecule has 4 N–H and O–H groups in total. The van der Waals surface area contributed by atoms with Crippen LogP contribution in [0.1, 0.15) is 26.1 Å². The van der Waals surface area contributed by atoms with Gasteiger partial charge in [-0.15, -0.1) is 0 Å². The average molecular weight is 448 g/mol. The lowest BCUT2D eigenvalue weighted by atomic mass is 10.1. The van der Waals surface area contributed by atoms with Crippen molar-refractivity contribution < 1.29 is 19.1 Å². The summed E-state index contributed by atoms with van der Waals surface area (Å²) in [4.78, 5) is 25.1. The van der Waals surface area contributed by atoms with Gasteiger partial charge in [0.05, 0.1) is 5.69 Å². The Labute approximate surface area is 190 Å². The van der Waals surface area contributed by atoms with E-state index < -0.39 is 12.3 Å².